The van der Waals surface area contributed by atoms with Crippen LogP contribution in [0.15, 0.2) is 80.3 Å². The molecule has 0 spiro atoms. The molecule has 0 aliphatic carbocycles. The van der Waals surface area contributed by atoms with Crippen LogP contribution in [-0.4, -0.2) is 23.2 Å². The monoisotopic (exact) mass is 415 g/mol. The minimum absolute atomic E-state index is 0.0811. The second-order valence-electron chi connectivity index (χ2n) is 5.13. The van der Waals surface area contributed by atoms with Crippen LogP contribution in [0.2, 0.25) is 0 Å². The summed E-state index contributed by atoms with van der Waals surface area (Å²) in [6.45, 7) is 0. The van der Waals surface area contributed by atoms with Crippen LogP contribution in [0.4, 0.5) is 5.69 Å². The van der Waals surface area contributed by atoms with Crippen LogP contribution in [0.5, 0.6) is 0 Å². The summed E-state index contributed by atoms with van der Waals surface area (Å²) < 4.78 is 5.73. The zero-order chi connectivity index (χ0) is 17.8. The summed E-state index contributed by atoms with van der Waals surface area (Å²) in [7, 11) is 1.28. The van der Waals surface area contributed by atoms with Crippen molar-refractivity contribution < 1.29 is 14.6 Å². The molecule has 4 nitrogen and oxygen atoms in total. The first-order valence-electron chi connectivity index (χ1n) is 7.39. The average molecular weight is 416 g/mol. The van der Waals surface area contributed by atoms with Crippen molar-refractivity contribution in [3.63, 3.8) is 0 Å². The fourth-order valence-corrected chi connectivity index (χ4v) is 3.71. The first-order valence-corrected chi connectivity index (χ1v) is 9.00. The lowest BCUT2D eigenvalue weighted by Crippen LogP contribution is -2.10. The lowest BCUT2D eigenvalue weighted by molar-refractivity contribution is -0.135. The number of ether oxygens (including phenoxy) is 1. The Morgan fingerprint density at radius 1 is 1.20 bits per heavy atom. The molecule has 0 bridgehead atoms. The van der Waals surface area contributed by atoms with E-state index in [9.17, 15) is 9.90 Å². The van der Waals surface area contributed by atoms with E-state index in [1.54, 1.807) is 6.08 Å². The fourth-order valence-electron chi connectivity index (χ4n) is 2.26. The molecule has 1 heterocycles. The van der Waals surface area contributed by atoms with Crippen LogP contribution in [0, 0.1) is 0 Å². The fraction of sp³-hybridized carbons (Fsp3) is 0.0526. The first kappa shape index (κ1) is 17.5. The molecule has 0 saturated carbocycles. The molecule has 0 fully saturated rings. The van der Waals surface area contributed by atoms with Crippen LogP contribution in [0.1, 0.15) is 5.56 Å². The standard InChI is InChI=1S/C19H14BrNO3S/c1-24-19(23)16-17(22)15(11-12-6-5-7-13(20)10-12)25-18(16)21-14-8-3-2-4-9-14/h2-11,22H,1H3/b15-11+,21-18?. The van der Waals surface area contributed by atoms with Gasteiger partial charge in [-0.15, -0.1) is 0 Å². The Morgan fingerprint density at radius 2 is 1.96 bits per heavy atom. The first-order chi connectivity index (χ1) is 12.1. The van der Waals surface area contributed by atoms with Crippen molar-refractivity contribution in [1.82, 2.24) is 0 Å². The highest BCUT2D eigenvalue weighted by Crippen LogP contribution is 2.40. The third-order valence-electron chi connectivity index (χ3n) is 3.41. The molecule has 0 amide bonds. The molecule has 6 heteroatoms. The molecule has 25 heavy (non-hydrogen) atoms. The molecule has 126 valence electrons. The molecule has 1 aliphatic heterocycles. The van der Waals surface area contributed by atoms with Gasteiger partial charge in [0.25, 0.3) is 0 Å². The maximum absolute atomic E-state index is 12.1. The molecule has 0 radical (unpaired) electrons. The van der Waals surface area contributed by atoms with Crippen molar-refractivity contribution in [1.29, 1.82) is 0 Å². The predicted octanol–water partition coefficient (Wildman–Crippen LogP) is 5.25. The number of thioether (sulfide) groups is 1. The van der Waals surface area contributed by atoms with Crippen molar-refractivity contribution in [2.75, 3.05) is 7.11 Å². The van der Waals surface area contributed by atoms with Crippen LogP contribution >= 0.6 is 27.7 Å². The number of hydrogen-bond donors (Lipinski definition) is 1. The normalized spacial score (nSPS) is 17.4. The molecule has 2 aromatic rings. The molecule has 0 atom stereocenters. The van der Waals surface area contributed by atoms with Crippen LogP contribution in [0.25, 0.3) is 6.08 Å². The Hall–Kier alpha value is -2.31. The number of esters is 1. The summed E-state index contributed by atoms with van der Waals surface area (Å²) in [6.07, 6.45) is 1.81. The molecule has 3 rings (SSSR count). The van der Waals surface area contributed by atoms with Crippen LogP contribution in [-0.2, 0) is 9.53 Å². The van der Waals surface area contributed by atoms with E-state index in [2.05, 4.69) is 20.9 Å². The van der Waals surface area contributed by atoms with Gasteiger partial charge >= 0.3 is 5.97 Å². The number of halogens is 1. The summed E-state index contributed by atoms with van der Waals surface area (Å²) in [5.74, 6) is -0.733. The third-order valence-corrected chi connectivity index (χ3v) is 4.93. The van der Waals surface area contributed by atoms with E-state index in [-0.39, 0.29) is 11.3 Å². The molecule has 0 aromatic heterocycles. The number of aliphatic hydroxyl groups excluding tert-OH is 1. The second-order valence-corrected chi connectivity index (χ2v) is 7.08. The largest absolute Gasteiger partial charge is 0.506 e. The smallest absolute Gasteiger partial charge is 0.344 e. The van der Waals surface area contributed by atoms with Gasteiger partial charge < -0.3 is 9.84 Å². The Kier molecular flexibility index (Phi) is 5.40. The van der Waals surface area contributed by atoms with E-state index in [1.807, 2.05) is 54.6 Å². The molecule has 1 aliphatic rings. The molecule has 2 aromatic carbocycles. The Labute approximate surface area is 158 Å². The van der Waals surface area contributed by atoms with Gasteiger partial charge in [0.05, 0.1) is 17.7 Å². The minimum atomic E-state index is -0.614. The van der Waals surface area contributed by atoms with E-state index in [0.717, 1.165) is 10.0 Å². The van der Waals surface area contributed by atoms with E-state index in [1.165, 1.54) is 18.9 Å². The highest BCUT2D eigenvalue weighted by atomic mass is 79.9. The third kappa shape index (κ3) is 4.03. The second kappa shape index (κ2) is 7.72. The zero-order valence-electron chi connectivity index (χ0n) is 13.3. The molecular weight excluding hydrogens is 402 g/mol. The number of nitrogens with zero attached hydrogens (tertiary/aromatic N) is 1. The number of hydrogen-bond acceptors (Lipinski definition) is 5. The molecule has 1 N–H and O–H groups in total. The van der Waals surface area contributed by atoms with Gasteiger partial charge in [0.15, 0.2) is 0 Å². The van der Waals surface area contributed by atoms with Crippen molar-refractivity contribution in [3.8, 4) is 0 Å². The number of aliphatic imine (C=N–C) groups is 1. The number of benzene rings is 2. The maximum Gasteiger partial charge on any atom is 0.344 e. The van der Waals surface area contributed by atoms with Crippen molar-refractivity contribution in [2.24, 2.45) is 4.99 Å². The van der Waals surface area contributed by atoms with Gasteiger partial charge in [0.1, 0.15) is 16.4 Å². The summed E-state index contributed by atoms with van der Waals surface area (Å²) in [4.78, 5) is 17.1. The SMILES string of the molecule is COC(=O)C1=C(O)/C(=C\c2cccc(Br)c2)SC1=Nc1ccccc1. The number of carbonyl (C=O) groups excluding carboxylic acids is 1. The summed E-state index contributed by atoms with van der Waals surface area (Å²) >= 11 is 4.66. The number of aliphatic hydroxyl groups is 1. The lowest BCUT2D eigenvalue weighted by Gasteiger charge is -2.01. The van der Waals surface area contributed by atoms with Gasteiger partial charge in [-0.05, 0) is 35.9 Å². The van der Waals surface area contributed by atoms with Gasteiger partial charge in [-0.2, -0.15) is 0 Å². The number of para-hydroxylation sites is 1. The molecule has 0 unspecified atom stereocenters. The lowest BCUT2D eigenvalue weighted by atomic mass is 10.1. The number of rotatable bonds is 3. The van der Waals surface area contributed by atoms with E-state index >= 15 is 0 Å². The van der Waals surface area contributed by atoms with Crippen LogP contribution in [0.3, 0.4) is 0 Å². The molecular formula is C19H14BrNO3S. The Balaban J connectivity index is 2.05. The van der Waals surface area contributed by atoms with Gasteiger partial charge in [-0.25, -0.2) is 9.79 Å². The molecule has 0 saturated heterocycles. The van der Waals surface area contributed by atoms with Gasteiger partial charge in [0, 0.05) is 4.47 Å². The van der Waals surface area contributed by atoms with Crippen molar-refractivity contribution in [2.45, 2.75) is 0 Å². The Morgan fingerprint density at radius 3 is 2.64 bits per heavy atom. The number of carbonyl (C=O) groups is 1. The highest BCUT2D eigenvalue weighted by molar-refractivity contribution is 9.10. The van der Waals surface area contributed by atoms with Gasteiger partial charge in [-0.1, -0.05) is 58.0 Å². The average Bonchev–Trinajstić information content (AvgIpc) is 2.90. The van der Waals surface area contributed by atoms with E-state index in [0.29, 0.717) is 15.6 Å². The zero-order valence-corrected chi connectivity index (χ0v) is 15.7. The predicted molar refractivity (Wildman–Crippen MR) is 105 cm³/mol. The quantitative estimate of drug-likeness (QED) is 0.695. The van der Waals surface area contributed by atoms with Crippen LogP contribution < -0.4 is 0 Å². The topological polar surface area (TPSA) is 58.9 Å². The minimum Gasteiger partial charge on any atom is -0.506 e. The van der Waals surface area contributed by atoms with E-state index < -0.39 is 5.97 Å². The summed E-state index contributed by atoms with van der Waals surface area (Å²) in [6, 6.07) is 16.9. The van der Waals surface area contributed by atoms with Crippen molar-refractivity contribution in [3.05, 3.63) is 80.9 Å². The highest BCUT2D eigenvalue weighted by Gasteiger charge is 2.32. The summed E-state index contributed by atoms with van der Waals surface area (Å²) in [5, 5.41) is 10.9. The Bertz CT molecular complexity index is 904. The maximum atomic E-state index is 12.1. The van der Waals surface area contributed by atoms with E-state index in [4.69, 9.17) is 4.74 Å². The van der Waals surface area contributed by atoms with Crippen molar-refractivity contribution >= 4 is 50.5 Å². The summed E-state index contributed by atoms with van der Waals surface area (Å²) in [5.41, 5.74) is 1.68. The van der Waals surface area contributed by atoms with Gasteiger partial charge in [0.2, 0.25) is 0 Å². The van der Waals surface area contributed by atoms with Gasteiger partial charge in [-0.3, -0.25) is 0 Å². The number of methoxy groups -OCH3 is 1.